The molecule has 0 atom stereocenters. The zero-order valence-corrected chi connectivity index (χ0v) is 19.7. The van der Waals surface area contributed by atoms with Crippen molar-refractivity contribution in [2.75, 3.05) is 11.9 Å². The predicted octanol–water partition coefficient (Wildman–Crippen LogP) is 5.44. The van der Waals surface area contributed by atoms with Gasteiger partial charge in [-0.25, -0.2) is 0 Å². The fraction of sp³-hybridized carbons (Fsp3) is 0.154. The number of ketones is 1. The number of rotatable bonds is 6. The Kier molecular flexibility index (Phi) is 6.51. The number of amides is 3. The van der Waals surface area contributed by atoms with Gasteiger partial charge in [-0.3, -0.25) is 24.1 Å². The number of furan rings is 1. The van der Waals surface area contributed by atoms with Crippen LogP contribution in [0.1, 0.15) is 34.2 Å². The van der Waals surface area contributed by atoms with Crippen molar-refractivity contribution >= 4 is 46.4 Å². The van der Waals surface area contributed by atoms with Crippen LogP contribution in [0.2, 0.25) is 0 Å². The van der Waals surface area contributed by atoms with Gasteiger partial charge in [-0.1, -0.05) is 42.0 Å². The van der Waals surface area contributed by atoms with E-state index in [0.717, 1.165) is 33.4 Å². The lowest BCUT2D eigenvalue weighted by atomic mass is 10.1. The number of aryl methyl sites for hydroxylation is 2. The molecule has 2 aromatic carbocycles. The van der Waals surface area contributed by atoms with Crippen molar-refractivity contribution in [3.8, 4) is 11.3 Å². The van der Waals surface area contributed by atoms with Crippen LogP contribution in [0.5, 0.6) is 0 Å². The van der Waals surface area contributed by atoms with Crippen molar-refractivity contribution in [2.45, 2.75) is 20.8 Å². The van der Waals surface area contributed by atoms with Gasteiger partial charge in [0.15, 0.2) is 5.78 Å². The van der Waals surface area contributed by atoms with Crippen LogP contribution in [0.15, 0.2) is 63.9 Å². The highest BCUT2D eigenvalue weighted by atomic mass is 32.2. The maximum absolute atomic E-state index is 12.8. The Hall–Kier alpha value is -3.91. The molecule has 3 amide bonds. The second kappa shape index (κ2) is 9.52. The van der Waals surface area contributed by atoms with Crippen LogP contribution in [0.4, 0.5) is 10.5 Å². The van der Waals surface area contributed by atoms with E-state index in [9.17, 15) is 19.2 Å². The molecule has 0 spiro atoms. The molecule has 7 nitrogen and oxygen atoms in total. The fourth-order valence-corrected chi connectivity index (χ4v) is 4.33. The first-order chi connectivity index (χ1) is 16.2. The van der Waals surface area contributed by atoms with E-state index < -0.39 is 17.1 Å². The summed E-state index contributed by atoms with van der Waals surface area (Å²) >= 11 is 0.761. The molecule has 0 unspecified atom stereocenters. The third-order valence-corrected chi connectivity index (χ3v) is 6.21. The van der Waals surface area contributed by atoms with Crippen molar-refractivity contribution < 1.29 is 23.6 Å². The van der Waals surface area contributed by atoms with Crippen LogP contribution in [0.3, 0.4) is 0 Å². The van der Waals surface area contributed by atoms with Gasteiger partial charge >= 0.3 is 0 Å². The van der Waals surface area contributed by atoms with E-state index in [2.05, 4.69) is 5.32 Å². The molecule has 0 radical (unpaired) electrons. The van der Waals surface area contributed by atoms with Crippen molar-refractivity contribution in [2.24, 2.45) is 0 Å². The number of hydrogen-bond acceptors (Lipinski definition) is 6. The standard InChI is InChI=1S/C26H22N2O5S/c1-15-4-10-21(16(2)12-15)27-24(30)14-28-25(31)23(34-26(28)32)13-20-9-11-22(33-20)19-7-5-18(6-8-19)17(3)29/h4-13H,14H2,1-3H3,(H,27,30)/b23-13+. The number of hydrogen-bond donors (Lipinski definition) is 1. The topological polar surface area (TPSA) is 96.7 Å². The third-order valence-electron chi connectivity index (χ3n) is 5.31. The molecule has 2 heterocycles. The lowest BCUT2D eigenvalue weighted by molar-refractivity contribution is -0.127. The molecule has 8 heteroatoms. The molecule has 4 rings (SSSR count). The van der Waals surface area contributed by atoms with Gasteiger partial charge in [0.25, 0.3) is 11.1 Å². The number of carbonyl (C=O) groups excluding carboxylic acids is 4. The predicted molar refractivity (Wildman–Crippen MR) is 131 cm³/mol. The van der Waals surface area contributed by atoms with E-state index in [1.165, 1.54) is 13.0 Å². The van der Waals surface area contributed by atoms with Crippen LogP contribution < -0.4 is 5.32 Å². The minimum atomic E-state index is -0.547. The first kappa shape index (κ1) is 23.3. The zero-order valence-electron chi connectivity index (χ0n) is 18.9. The summed E-state index contributed by atoms with van der Waals surface area (Å²) in [5, 5.41) is 2.23. The minimum Gasteiger partial charge on any atom is -0.457 e. The molecule has 1 aliphatic heterocycles. The van der Waals surface area contributed by atoms with Gasteiger partial charge in [0.2, 0.25) is 5.91 Å². The number of carbonyl (C=O) groups is 4. The lowest BCUT2D eigenvalue weighted by Crippen LogP contribution is -2.36. The summed E-state index contributed by atoms with van der Waals surface area (Å²) in [5.74, 6) is -0.0614. The van der Waals surface area contributed by atoms with Gasteiger partial charge in [-0.15, -0.1) is 0 Å². The zero-order chi connectivity index (χ0) is 24.4. The summed E-state index contributed by atoms with van der Waals surface area (Å²) in [4.78, 5) is 50.1. The Balaban J connectivity index is 1.44. The maximum atomic E-state index is 12.8. The fourth-order valence-electron chi connectivity index (χ4n) is 3.51. The summed E-state index contributed by atoms with van der Waals surface area (Å²) in [6.45, 7) is 4.96. The Morgan fingerprint density at radius 3 is 2.44 bits per heavy atom. The number of Topliss-reactive ketones (excluding diaryl/α,β-unsaturated/α-hetero) is 1. The number of thioether (sulfide) groups is 1. The molecule has 1 aliphatic rings. The molecule has 0 aliphatic carbocycles. The SMILES string of the molecule is CC(=O)c1ccc(-c2ccc(/C=C3/SC(=O)N(CC(=O)Nc4ccc(C)cc4C)C3=O)o2)cc1. The normalized spacial score (nSPS) is 14.7. The Labute approximate surface area is 200 Å². The summed E-state index contributed by atoms with van der Waals surface area (Å²) in [7, 11) is 0. The van der Waals surface area contributed by atoms with Crippen LogP contribution >= 0.6 is 11.8 Å². The van der Waals surface area contributed by atoms with Crippen LogP contribution in [-0.2, 0) is 9.59 Å². The number of nitrogens with zero attached hydrogens (tertiary/aromatic N) is 1. The smallest absolute Gasteiger partial charge is 0.294 e. The van der Waals surface area contributed by atoms with E-state index in [1.54, 1.807) is 42.5 Å². The molecule has 1 N–H and O–H groups in total. The van der Waals surface area contributed by atoms with Gasteiger partial charge in [0, 0.05) is 22.9 Å². The largest absolute Gasteiger partial charge is 0.457 e. The highest BCUT2D eigenvalue weighted by molar-refractivity contribution is 8.18. The van der Waals surface area contributed by atoms with Gasteiger partial charge in [-0.2, -0.15) is 0 Å². The number of anilines is 1. The molecule has 1 aromatic heterocycles. The van der Waals surface area contributed by atoms with Crippen LogP contribution in [0, 0.1) is 13.8 Å². The van der Waals surface area contributed by atoms with Gasteiger partial charge in [0.1, 0.15) is 18.1 Å². The molecular weight excluding hydrogens is 452 g/mol. The summed E-state index contributed by atoms with van der Waals surface area (Å²) in [5.41, 5.74) is 3.98. The average molecular weight is 475 g/mol. The van der Waals surface area contributed by atoms with E-state index in [0.29, 0.717) is 22.8 Å². The van der Waals surface area contributed by atoms with Crippen LogP contribution in [-0.4, -0.2) is 34.3 Å². The summed E-state index contributed by atoms with van der Waals surface area (Å²) in [6.07, 6.45) is 1.49. The molecule has 1 fully saturated rings. The van der Waals surface area contributed by atoms with E-state index in [-0.39, 0.29) is 17.2 Å². The summed E-state index contributed by atoms with van der Waals surface area (Å²) in [6, 6.07) is 16.0. The maximum Gasteiger partial charge on any atom is 0.294 e. The molecule has 0 bridgehead atoms. The average Bonchev–Trinajstić information content (AvgIpc) is 3.36. The Morgan fingerprint density at radius 2 is 1.76 bits per heavy atom. The van der Waals surface area contributed by atoms with E-state index in [4.69, 9.17) is 4.42 Å². The number of benzene rings is 2. The highest BCUT2D eigenvalue weighted by Gasteiger charge is 2.36. The van der Waals surface area contributed by atoms with Crippen molar-refractivity contribution in [1.82, 2.24) is 4.90 Å². The first-order valence-electron chi connectivity index (χ1n) is 10.5. The van der Waals surface area contributed by atoms with Crippen molar-refractivity contribution in [1.29, 1.82) is 0 Å². The molecule has 0 saturated carbocycles. The molecule has 1 saturated heterocycles. The quantitative estimate of drug-likeness (QED) is 0.377. The Bertz CT molecular complexity index is 1340. The summed E-state index contributed by atoms with van der Waals surface area (Å²) < 4.78 is 5.80. The second-order valence-corrected chi connectivity index (χ2v) is 8.96. The molecule has 34 heavy (non-hydrogen) atoms. The van der Waals surface area contributed by atoms with Crippen LogP contribution in [0.25, 0.3) is 17.4 Å². The van der Waals surface area contributed by atoms with Gasteiger partial charge in [0.05, 0.1) is 4.91 Å². The monoisotopic (exact) mass is 474 g/mol. The van der Waals surface area contributed by atoms with Crippen molar-refractivity contribution in [3.63, 3.8) is 0 Å². The molecule has 3 aromatic rings. The molecule has 172 valence electrons. The first-order valence-corrected chi connectivity index (χ1v) is 11.4. The third kappa shape index (κ3) is 5.02. The second-order valence-electron chi connectivity index (χ2n) is 7.97. The van der Waals surface area contributed by atoms with Gasteiger partial charge in [-0.05, 0) is 56.3 Å². The van der Waals surface area contributed by atoms with E-state index in [1.807, 2.05) is 26.0 Å². The van der Waals surface area contributed by atoms with Crippen molar-refractivity contribution in [3.05, 3.63) is 82.0 Å². The molecular formula is C26H22N2O5S. The number of nitrogens with one attached hydrogen (secondary N) is 1. The van der Waals surface area contributed by atoms with Gasteiger partial charge < -0.3 is 9.73 Å². The Morgan fingerprint density at radius 1 is 1.03 bits per heavy atom. The highest BCUT2D eigenvalue weighted by Crippen LogP contribution is 2.33. The lowest BCUT2D eigenvalue weighted by Gasteiger charge is -2.13. The van der Waals surface area contributed by atoms with E-state index >= 15 is 0 Å². The number of imide groups is 1. The minimum absolute atomic E-state index is 0.0231.